The molecule has 0 N–H and O–H groups in total. The number of anilines is 1. The SMILES string of the molecule is Cc1cnc(N2C[C@@H]3C[C@H]2CN3C2CCC2)nc1. The van der Waals surface area contributed by atoms with Crippen LogP contribution in [0.3, 0.4) is 0 Å². The molecule has 2 atom stereocenters. The maximum Gasteiger partial charge on any atom is 0.225 e. The smallest absolute Gasteiger partial charge is 0.225 e. The Hall–Kier alpha value is -1.16. The van der Waals surface area contributed by atoms with E-state index in [-0.39, 0.29) is 0 Å². The van der Waals surface area contributed by atoms with Gasteiger partial charge < -0.3 is 4.90 Å². The fraction of sp³-hybridized carbons (Fsp3) is 0.714. The summed E-state index contributed by atoms with van der Waals surface area (Å²) in [6, 6.07) is 2.30. The summed E-state index contributed by atoms with van der Waals surface area (Å²) in [4.78, 5) is 14.1. The summed E-state index contributed by atoms with van der Waals surface area (Å²) >= 11 is 0. The number of nitrogens with zero attached hydrogens (tertiary/aromatic N) is 4. The highest BCUT2D eigenvalue weighted by Gasteiger charge is 2.47. The lowest BCUT2D eigenvalue weighted by atomic mass is 9.91. The lowest BCUT2D eigenvalue weighted by Crippen LogP contribution is -2.52. The minimum atomic E-state index is 0.651. The van der Waals surface area contributed by atoms with E-state index < -0.39 is 0 Å². The predicted octanol–water partition coefficient (Wildman–Crippen LogP) is 1.60. The van der Waals surface area contributed by atoms with Crippen molar-refractivity contribution in [1.29, 1.82) is 0 Å². The molecule has 18 heavy (non-hydrogen) atoms. The van der Waals surface area contributed by atoms with Gasteiger partial charge in [-0.05, 0) is 31.7 Å². The summed E-state index contributed by atoms with van der Waals surface area (Å²) in [6.07, 6.45) is 9.45. The first kappa shape index (κ1) is 10.7. The average Bonchev–Trinajstić information content (AvgIpc) is 2.87. The number of piperazine rings is 1. The molecule has 1 aliphatic carbocycles. The molecule has 1 aromatic heterocycles. The van der Waals surface area contributed by atoms with Crippen molar-refractivity contribution in [1.82, 2.24) is 14.9 Å². The van der Waals surface area contributed by atoms with Crippen LogP contribution in [0.5, 0.6) is 0 Å². The molecule has 2 aliphatic heterocycles. The molecule has 4 nitrogen and oxygen atoms in total. The fourth-order valence-electron chi connectivity index (χ4n) is 3.64. The molecule has 4 rings (SSSR count). The number of aryl methyl sites for hydroxylation is 1. The minimum Gasteiger partial charge on any atom is -0.335 e. The van der Waals surface area contributed by atoms with Crippen molar-refractivity contribution in [3.63, 3.8) is 0 Å². The zero-order valence-corrected chi connectivity index (χ0v) is 10.9. The number of hydrogen-bond donors (Lipinski definition) is 0. The zero-order valence-electron chi connectivity index (χ0n) is 10.9. The van der Waals surface area contributed by atoms with Crippen LogP contribution in [0.2, 0.25) is 0 Å². The normalized spacial score (nSPS) is 31.9. The molecule has 3 aliphatic rings. The van der Waals surface area contributed by atoms with Crippen LogP contribution < -0.4 is 4.90 Å². The molecular weight excluding hydrogens is 224 g/mol. The summed E-state index contributed by atoms with van der Waals surface area (Å²) in [5.74, 6) is 0.932. The van der Waals surface area contributed by atoms with Gasteiger partial charge in [-0.15, -0.1) is 0 Å². The van der Waals surface area contributed by atoms with Crippen LogP contribution in [0.1, 0.15) is 31.2 Å². The quantitative estimate of drug-likeness (QED) is 0.791. The van der Waals surface area contributed by atoms with Gasteiger partial charge in [-0.2, -0.15) is 0 Å². The molecule has 0 amide bonds. The maximum absolute atomic E-state index is 4.48. The van der Waals surface area contributed by atoms with Crippen LogP contribution >= 0.6 is 0 Å². The van der Waals surface area contributed by atoms with Crippen LogP contribution in [-0.4, -0.2) is 46.1 Å². The first-order valence-electron chi connectivity index (χ1n) is 7.12. The number of aromatic nitrogens is 2. The molecule has 2 bridgehead atoms. The van der Waals surface area contributed by atoms with E-state index in [2.05, 4.69) is 19.8 Å². The van der Waals surface area contributed by atoms with E-state index in [0.717, 1.165) is 30.1 Å². The highest BCUT2D eigenvalue weighted by Crippen LogP contribution is 2.38. The van der Waals surface area contributed by atoms with Crippen LogP contribution in [0.4, 0.5) is 5.95 Å². The lowest BCUT2D eigenvalue weighted by molar-refractivity contribution is 0.106. The van der Waals surface area contributed by atoms with E-state index in [9.17, 15) is 0 Å². The van der Waals surface area contributed by atoms with E-state index in [4.69, 9.17) is 0 Å². The van der Waals surface area contributed by atoms with Gasteiger partial charge >= 0.3 is 0 Å². The van der Waals surface area contributed by atoms with Gasteiger partial charge in [-0.1, -0.05) is 6.42 Å². The van der Waals surface area contributed by atoms with Gasteiger partial charge in [0, 0.05) is 43.6 Å². The van der Waals surface area contributed by atoms with E-state index in [1.807, 2.05) is 19.3 Å². The van der Waals surface area contributed by atoms with Gasteiger partial charge in [0.15, 0.2) is 0 Å². The molecule has 3 fully saturated rings. The second-order valence-corrected chi connectivity index (χ2v) is 6.04. The maximum atomic E-state index is 4.48. The van der Waals surface area contributed by atoms with Gasteiger partial charge in [0.2, 0.25) is 5.95 Å². The second kappa shape index (κ2) is 3.92. The molecule has 0 unspecified atom stereocenters. The molecule has 0 radical (unpaired) electrons. The largest absolute Gasteiger partial charge is 0.335 e. The summed E-state index contributed by atoms with van der Waals surface area (Å²) < 4.78 is 0. The Morgan fingerprint density at radius 1 is 1.06 bits per heavy atom. The highest BCUT2D eigenvalue weighted by atomic mass is 15.4. The van der Waals surface area contributed by atoms with E-state index in [0.29, 0.717) is 6.04 Å². The minimum absolute atomic E-state index is 0.651. The third-order valence-corrected chi connectivity index (χ3v) is 4.85. The second-order valence-electron chi connectivity index (χ2n) is 6.04. The van der Waals surface area contributed by atoms with E-state index in [1.54, 1.807) is 0 Å². The van der Waals surface area contributed by atoms with Crippen LogP contribution in [0.15, 0.2) is 12.4 Å². The monoisotopic (exact) mass is 244 g/mol. The first-order valence-corrected chi connectivity index (χ1v) is 7.12. The highest BCUT2D eigenvalue weighted by molar-refractivity contribution is 5.37. The number of rotatable bonds is 2. The van der Waals surface area contributed by atoms with Gasteiger partial charge in [0.1, 0.15) is 0 Å². The Kier molecular flexibility index (Phi) is 2.34. The van der Waals surface area contributed by atoms with E-state index >= 15 is 0 Å². The predicted molar refractivity (Wildman–Crippen MR) is 70.7 cm³/mol. The summed E-state index contributed by atoms with van der Waals surface area (Å²) in [5.41, 5.74) is 1.14. The molecular formula is C14H20N4. The zero-order chi connectivity index (χ0) is 12.1. The number of likely N-dealkylation sites (tertiary alicyclic amines) is 1. The third-order valence-electron chi connectivity index (χ3n) is 4.85. The van der Waals surface area contributed by atoms with Crippen LogP contribution in [0, 0.1) is 6.92 Å². The van der Waals surface area contributed by atoms with Crippen LogP contribution in [0.25, 0.3) is 0 Å². The third kappa shape index (κ3) is 1.55. The molecule has 0 spiro atoms. The Labute approximate surface area is 108 Å². The summed E-state index contributed by atoms with van der Waals surface area (Å²) in [6.45, 7) is 4.40. The number of fused-ring (bicyclic) bond motifs is 2. The standard InChI is InChI=1S/C14H20N4/c1-10-6-15-14(16-7-10)18-9-12-5-13(18)8-17(12)11-3-2-4-11/h6-7,11-13H,2-5,8-9H2,1H3/t12-,13-/m0/s1. The molecule has 1 aromatic rings. The molecule has 0 aromatic carbocycles. The van der Waals surface area contributed by atoms with Crippen molar-refractivity contribution >= 4 is 5.95 Å². The van der Waals surface area contributed by atoms with Crippen molar-refractivity contribution in [2.45, 2.75) is 50.7 Å². The summed E-state index contributed by atoms with van der Waals surface area (Å²) in [5, 5.41) is 0. The molecule has 4 heteroatoms. The lowest BCUT2D eigenvalue weighted by Gasteiger charge is -2.42. The molecule has 96 valence electrons. The Balaban J connectivity index is 1.49. The van der Waals surface area contributed by atoms with Gasteiger partial charge in [0.05, 0.1) is 0 Å². The van der Waals surface area contributed by atoms with E-state index in [1.165, 1.54) is 32.2 Å². The molecule has 2 saturated heterocycles. The average molecular weight is 244 g/mol. The van der Waals surface area contributed by atoms with Crippen molar-refractivity contribution in [2.24, 2.45) is 0 Å². The van der Waals surface area contributed by atoms with Gasteiger partial charge in [0.25, 0.3) is 0 Å². The molecule has 3 heterocycles. The molecule has 1 saturated carbocycles. The van der Waals surface area contributed by atoms with Crippen molar-refractivity contribution in [3.8, 4) is 0 Å². The van der Waals surface area contributed by atoms with Crippen molar-refractivity contribution in [3.05, 3.63) is 18.0 Å². The Bertz CT molecular complexity index is 440. The Morgan fingerprint density at radius 2 is 1.83 bits per heavy atom. The van der Waals surface area contributed by atoms with Crippen LogP contribution in [-0.2, 0) is 0 Å². The van der Waals surface area contributed by atoms with Gasteiger partial charge in [-0.3, -0.25) is 4.90 Å². The first-order chi connectivity index (χ1) is 8.81. The van der Waals surface area contributed by atoms with Gasteiger partial charge in [-0.25, -0.2) is 9.97 Å². The topological polar surface area (TPSA) is 32.3 Å². The fourth-order valence-corrected chi connectivity index (χ4v) is 3.64. The van der Waals surface area contributed by atoms with Crippen molar-refractivity contribution < 1.29 is 0 Å². The Morgan fingerprint density at radius 3 is 2.39 bits per heavy atom. The summed E-state index contributed by atoms with van der Waals surface area (Å²) in [7, 11) is 0. The van der Waals surface area contributed by atoms with Crippen molar-refractivity contribution in [2.75, 3.05) is 18.0 Å². The number of hydrogen-bond acceptors (Lipinski definition) is 4.